The highest BCUT2D eigenvalue weighted by molar-refractivity contribution is 14.0. The predicted octanol–water partition coefficient (Wildman–Crippen LogP) is 2.59. The van der Waals surface area contributed by atoms with Gasteiger partial charge in [-0.3, -0.25) is 4.57 Å². The van der Waals surface area contributed by atoms with E-state index in [0.717, 1.165) is 67.6 Å². The molecule has 11 heteroatoms. The predicted molar refractivity (Wildman–Crippen MR) is 135 cm³/mol. The quantitative estimate of drug-likeness (QED) is 0.285. The van der Waals surface area contributed by atoms with E-state index in [9.17, 15) is 0 Å². The highest BCUT2D eigenvalue weighted by Crippen LogP contribution is 2.19. The summed E-state index contributed by atoms with van der Waals surface area (Å²) >= 11 is 1.49. The molecular formula is C20H28IN9S. The topological polar surface area (TPSA) is 87.4 Å². The van der Waals surface area contributed by atoms with Crippen molar-refractivity contribution in [2.45, 2.75) is 26.8 Å². The zero-order valence-corrected chi connectivity index (χ0v) is 21.0. The molecular weight excluding hydrogens is 525 g/mol. The number of para-hydroxylation sites is 1. The summed E-state index contributed by atoms with van der Waals surface area (Å²) in [6, 6.07) is 10.1. The molecule has 4 rings (SSSR count). The summed E-state index contributed by atoms with van der Waals surface area (Å²) in [5, 5.41) is 12.8. The van der Waals surface area contributed by atoms with Gasteiger partial charge in [0, 0.05) is 56.4 Å². The van der Waals surface area contributed by atoms with Crippen LogP contribution in [0.4, 0.5) is 5.13 Å². The van der Waals surface area contributed by atoms with Crippen molar-refractivity contribution in [3.8, 4) is 5.69 Å². The number of hydrogen-bond donors (Lipinski definition) is 1. The van der Waals surface area contributed by atoms with Gasteiger partial charge in [-0.25, -0.2) is 9.98 Å². The van der Waals surface area contributed by atoms with Gasteiger partial charge in [0.25, 0.3) is 0 Å². The molecule has 1 N–H and O–H groups in total. The van der Waals surface area contributed by atoms with Gasteiger partial charge in [0.05, 0.1) is 0 Å². The molecule has 1 saturated heterocycles. The Hall–Kier alpha value is -2.28. The van der Waals surface area contributed by atoms with Crippen molar-refractivity contribution < 1.29 is 0 Å². The first-order valence-electron chi connectivity index (χ1n) is 10.3. The molecule has 0 aliphatic carbocycles. The molecule has 1 fully saturated rings. The minimum absolute atomic E-state index is 0. The highest BCUT2D eigenvalue weighted by atomic mass is 127. The Morgan fingerprint density at radius 2 is 1.90 bits per heavy atom. The number of anilines is 1. The first kappa shape index (κ1) is 23.4. The van der Waals surface area contributed by atoms with E-state index in [4.69, 9.17) is 4.99 Å². The Kier molecular flexibility index (Phi) is 8.58. The number of hydrogen-bond acceptors (Lipinski definition) is 7. The van der Waals surface area contributed by atoms with E-state index in [2.05, 4.69) is 48.5 Å². The van der Waals surface area contributed by atoms with Gasteiger partial charge in [-0.15, -0.1) is 34.2 Å². The van der Waals surface area contributed by atoms with E-state index in [1.807, 2.05) is 34.9 Å². The summed E-state index contributed by atoms with van der Waals surface area (Å²) < 4.78 is 6.39. The molecule has 1 aliphatic heterocycles. The van der Waals surface area contributed by atoms with Gasteiger partial charge in [0.2, 0.25) is 5.13 Å². The van der Waals surface area contributed by atoms with E-state index >= 15 is 0 Å². The lowest BCUT2D eigenvalue weighted by molar-refractivity contribution is 0.372. The van der Waals surface area contributed by atoms with Crippen LogP contribution >= 0.6 is 35.5 Å². The van der Waals surface area contributed by atoms with Crippen molar-refractivity contribution in [3.05, 3.63) is 48.3 Å². The molecule has 166 valence electrons. The molecule has 0 spiro atoms. The number of halogens is 1. The number of guanidine groups is 1. The second-order valence-electron chi connectivity index (χ2n) is 6.94. The maximum atomic E-state index is 4.85. The van der Waals surface area contributed by atoms with Gasteiger partial charge in [-0.05, 0) is 19.1 Å². The van der Waals surface area contributed by atoms with Crippen molar-refractivity contribution in [1.82, 2.24) is 34.3 Å². The van der Waals surface area contributed by atoms with E-state index in [1.54, 1.807) is 6.33 Å². The molecule has 1 aliphatic rings. The van der Waals surface area contributed by atoms with Gasteiger partial charge >= 0.3 is 0 Å². The van der Waals surface area contributed by atoms with E-state index < -0.39 is 0 Å². The van der Waals surface area contributed by atoms with Crippen LogP contribution in [0, 0.1) is 0 Å². The smallest absolute Gasteiger partial charge is 0.205 e. The zero-order chi connectivity index (χ0) is 20.8. The maximum absolute atomic E-state index is 4.85. The van der Waals surface area contributed by atoms with Gasteiger partial charge in [0.15, 0.2) is 11.8 Å². The van der Waals surface area contributed by atoms with Crippen LogP contribution in [0.5, 0.6) is 0 Å². The minimum atomic E-state index is 0. The minimum Gasteiger partial charge on any atom is -0.357 e. The van der Waals surface area contributed by atoms with Crippen LogP contribution in [0.2, 0.25) is 0 Å². The average molecular weight is 553 g/mol. The van der Waals surface area contributed by atoms with Gasteiger partial charge in [-0.2, -0.15) is 4.37 Å². The second-order valence-corrected chi connectivity index (χ2v) is 7.67. The fraction of sp³-hybridized carbons (Fsp3) is 0.450. The first-order chi connectivity index (χ1) is 14.8. The number of benzene rings is 1. The number of aliphatic imine (C=N–C) groups is 1. The van der Waals surface area contributed by atoms with Crippen LogP contribution in [0.3, 0.4) is 0 Å². The Morgan fingerprint density at radius 1 is 1.13 bits per heavy atom. The van der Waals surface area contributed by atoms with Crippen LogP contribution in [-0.2, 0) is 13.0 Å². The number of aryl methyl sites for hydroxylation is 1. The van der Waals surface area contributed by atoms with Crippen LogP contribution in [-0.4, -0.2) is 67.7 Å². The van der Waals surface area contributed by atoms with Gasteiger partial charge in [0.1, 0.15) is 18.7 Å². The molecule has 3 heterocycles. The van der Waals surface area contributed by atoms with Crippen LogP contribution in [0.25, 0.3) is 5.69 Å². The fourth-order valence-corrected chi connectivity index (χ4v) is 4.17. The summed E-state index contributed by atoms with van der Waals surface area (Å²) in [5.74, 6) is 2.65. The third-order valence-corrected chi connectivity index (χ3v) is 5.80. The lowest BCUT2D eigenvalue weighted by atomic mass is 10.3. The Bertz CT molecular complexity index is 964. The van der Waals surface area contributed by atoms with Gasteiger partial charge < -0.3 is 15.1 Å². The molecule has 31 heavy (non-hydrogen) atoms. The number of rotatable bonds is 6. The molecule has 2 aromatic heterocycles. The number of aromatic nitrogens is 5. The second kappa shape index (κ2) is 11.4. The first-order valence-corrected chi connectivity index (χ1v) is 11.1. The molecule has 0 radical (unpaired) electrons. The number of piperazine rings is 1. The monoisotopic (exact) mass is 553 g/mol. The van der Waals surface area contributed by atoms with Crippen molar-refractivity contribution >= 4 is 46.6 Å². The third kappa shape index (κ3) is 5.70. The van der Waals surface area contributed by atoms with Crippen molar-refractivity contribution in [2.75, 3.05) is 37.6 Å². The average Bonchev–Trinajstić information content (AvgIpc) is 3.47. The molecule has 0 saturated carbocycles. The van der Waals surface area contributed by atoms with Crippen LogP contribution in [0.1, 0.15) is 25.5 Å². The molecule has 0 atom stereocenters. The Balaban J connectivity index is 0.00000272. The molecule has 3 aromatic rings. The number of nitrogens with one attached hydrogen (secondary N) is 1. The summed E-state index contributed by atoms with van der Waals surface area (Å²) in [4.78, 5) is 14.1. The Labute approximate surface area is 203 Å². The summed E-state index contributed by atoms with van der Waals surface area (Å²) in [5.41, 5.74) is 1.04. The van der Waals surface area contributed by atoms with E-state index in [0.29, 0.717) is 6.54 Å². The summed E-state index contributed by atoms with van der Waals surface area (Å²) in [6.07, 6.45) is 2.61. The molecule has 0 unspecified atom stereocenters. The normalized spacial score (nSPS) is 14.5. The molecule has 1 aromatic carbocycles. The zero-order valence-electron chi connectivity index (χ0n) is 17.8. The van der Waals surface area contributed by atoms with Crippen LogP contribution in [0.15, 0.2) is 41.7 Å². The third-order valence-electron chi connectivity index (χ3n) is 4.98. The highest BCUT2D eigenvalue weighted by Gasteiger charge is 2.22. The van der Waals surface area contributed by atoms with Crippen molar-refractivity contribution in [3.63, 3.8) is 0 Å². The molecule has 0 bridgehead atoms. The van der Waals surface area contributed by atoms with Gasteiger partial charge in [-0.1, -0.05) is 25.1 Å². The summed E-state index contributed by atoms with van der Waals surface area (Å²) in [6.45, 7) is 9.05. The fourth-order valence-electron chi connectivity index (χ4n) is 3.37. The lowest BCUT2D eigenvalue weighted by Gasteiger charge is -2.36. The van der Waals surface area contributed by atoms with Crippen LogP contribution < -0.4 is 10.2 Å². The summed E-state index contributed by atoms with van der Waals surface area (Å²) in [7, 11) is 0. The maximum Gasteiger partial charge on any atom is 0.205 e. The van der Waals surface area contributed by atoms with Crippen molar-refractivity contribution in [2.24, 2.45) is 4.99 Å². The standard InChI is InChI=1S/C20H27N9S.HI/c1-3-17-24-20(30-26-17)28-12-10-27(11-13-28)19(21-4-2)22-14-18-25-23-15-29(18)16-8-6-5-7-9-16;/h5-9,15H,3-4,10-14H2,1-2H3,(H,21,22);1H. The lowest BCUT2D eigenvalue weighted by Crippen LogP contribution is -2.52. The largest absolute Gasteiger partial charge is 0.357 e. The number of nitrogens with zero attached hydrogens (tertiary/aromatic N) is 8. The SMILES string of the molecule is CCNC(=NCc1nncn1-c1ccccc1)N1CCN(c2nc(CC)ns2)CC1.I. The van der Waals surface area contributed by atoms with E-state index in [1.165, 1.54) is 11.5 Å². The molecule has 9 nitrogen and oxygen atoms in total. The van der Waals surface area contributed by atoms with Crippen molar-refractivity contribution in [1.29, 1.82) is 0 Å². The molecule has 0 amide bonds. The Morgan fingerprint density at radius 3 is 2.58 bits per heavy atom. The van der Waals surface area contributed by atoms with E-state index in [-0.39, 0.29) is 24.0 Å².